The Morgan fingerprint density at radius 2 is 1.59 bits per heavy atom. The Bertz CT molecular complexity index is 1090. The van der Waals surface area contributed by atoms with Gasteiger partial charge in [0.1, 0.15) is 5.70 Å². The molecule has 11 heteroatoms. The Balaban J connectivity index is 2.25. The largest absolute Gasteiger partial charge is 0.294 e. The van der Waals surface area contributed by atoms with Crippen LogP contribution in [0.25, 0.3) is 11.8 Å². The molecule has 0 fully saturated rings. The number of aromatic nitrogens is 3. The van der Waals surface area contributed by atoms with Crippen molar-refractivity contribution in [3.8, 4) is 0 Å². The number of benzene rings is 1. The van der Waals surface area contributed by atoms with Gasteiger partial charge in [0.2, 0.25) is 0 Å². The van der Waals surface area contributed by atoms with E-state index in [-0.39, 0.29) is 0 Å². The van der Waals surface area contributed by atoms with Gasteiger partial charge in [0.25, 0.3) is 24.3 Å². The molecule has 1 aliphatic rings. The van der Waals surface area contributed by atoms with E-state index in [4.69, 9.17) is 0 Å². The van der Waals surface area contributed by atoms with E-state index in [1.165, 1.54) is 36.7 Å². The van der Waals surface area contributed by atoms with E-state index in [2.05, 4.69) is 10.2 Å². The smallest absolute Gasteiger partial charge is 0.284 e. The zero-order valence-electron chi connectivity index (χ0n) is 13.7. The second kappa shape index (κ2) is 6.85. The standard InChI is InChI=1S/C16H15N3O6S2/c20-26(21,22)16(27(23,24)25)14(10-9-13-5-2-1-3-6-13)7-4-8-15(16)19-17-11-12-18-19/h1-12,14H,(H,20,21,22)(H,23,24,25). The van der Waals surface area contributed by atoms with Crippen molar-refractivity contribution in [3.05, 3.63) is 72.6 Å². The van der Waals surface area contributed by atoms with Crippen LogP contribution in [0.5, 0.6) is 0 Å². The van der Waals surface area contributed by atoms with Gasteiger partial charge in [-0.1, -0.05) is 54.6 Å². The molecule has 1 aromatic heterocycles. The molecule has 1 aromatic carbocycles. The van der Waals surface area contributed by atoms with Crippen molar-refractivity contribution in [3.63, 3.8) is 0 Å². The van der Waals surface area contributed by atoms with Gasteiger partial charge in [0, 0.05) is 5.92 Å². The molecule has 0 radical (unpaired) electrons. The molecule has 1 atom stereocenters. The molecule has 1 aliphatic carbocycles. The van der Waals surface area contributed by atoms with Gasteiger partial charge in [-0.05, 0) is 11.6 Å². The normalized spacial score (nSPS) is 19.9. The Morgan fingerprint density at radius 1 is 1.00 bits per heavy atom. The molecule has 2 aromatic rings. The minimum atomic E-state index is -5.38. The van der Waals surface area contributed by atoms with Gasteiger partial charge in [0.15, 0.2) is 0 Å². The zero-order valence-corrected chi connectivity index (χ0v) is 15.3. The third-order valence-electron chi connectivity index (χ3n) is 4.06. The highest BCUT2D eigenvalue weighted by Gasteiger charge is 2.63. The Hall–Kier alpha value is -2.60. The lowest BCUT2D eigenvalue weighted by Crippen LogP contribution is -2.54. The van der Waals surface area contributed by atoms with Crippen LogP contribution in [0, 0.1) is 5.92 Å². The van der Waals surface area contributed by atoms with Crippen LogP contribution in [0.4, 0.5) is 0 Å². The van der Waals surface area contributed by atoms with Gasteiger partial charge in [-0.2, -0.15) is 31.8 Å². The molecular weight excluding hydrogens is 394 g/mol. The molecule has 0 amide bonds. The molecule has 142 valence electrons. The molecule has 0 spiro atoms. The average molecular weight is 409 g/mol. The van der Waals surface area contributed by atoms with Crippen LogP contribution in [0.1, 0.15) is 5.56 Å². The fraction of sp³-hybridized carbons (Fsp3) is 0.125. The SMILES string of the molecule is O=S(=O)(O)C1(S(=O)(=O)O)C(n2nccn2)=CC=CC1C=Cc1ccccc1. The maximum Gasteiger partial charge on any atom is 0.294 e. The van der Waals surface area contributed by atoms with Crippen LogP contribution in [0.15, 0.2) is 67.0 Å². The first-order valence-corrected chi connectivity index (χ1v) is 10.5. The van der Waals surface area contributed by atoms with Gasteiger partial charge in [-0.3, -0.25) is 9.11 Å². The topological polar surface area (TPSA) is 139 Å². The second-order valence-electron chi connectivity index (χ2n) is 5.67. The van der Waals surface area contributed by atoms with Gasteiger partial charge >= 0.3 is 0 Å². The van der Waals surface area contributed by atoms with Gasteiger partial charge < -0.3 is 0 Å². The summed E-state index contributed by atoms with van der Waals surface area (Å²) < 4.78 is 66.0. The first-order valence-electron chi connectivity index (χ1n) is 7.61. The Labute approximate surface area is 155 Å². The number of hydrogen-bond acceptors (Lipinski definition) is 6. The Kier molecular flexibility index (Phi) is 4.86. The van der Waals surface area contributed by atoms with Crippen LogP contribution in [-0.2, 0) is 20.2 Å². The van der Waals surface area contributed by atoms with Crippen LogP contribution in [-0.4, -0.2) is 45.0 Å². The Morgan fingerprint density at radius 3 is 2.15 bits per heavy atom. The highest BCUT2D eigenvalue weighted by molar-refractivity contribution is 8.06. The highest BCUT2D eigenvalue weighted by atomic mass is 32.3. The van der Waals surface area contributed by atoms with E-state index in [1.54, 1.807) is 30.3 Å². The molecule has 0 saturated heterocycles. The van der Waals surface area contributed by atoms with Crippen molar-refractivity contribution in [2.45, 2.75) is 4.08 Å². The summed E-state index contributed by atoms with van der Waals surface area (Å²) in [5.41, 5.74) is 0.140. The van der Waals surface area contributed by atoms with Crippen molar-refractivity contribution in [2.75, 3.05) is 0 Å². The van der Waals surface area contributed by atoms with Gasteiger partial charge in [-0.25, -0.2) is 0 Å². The summed E-state index contributed by atoms with van der Waals surface area (Å²) in [7, 11) is -10.8. The molecular formula is C16H15N3O6S2. The monoisotopic (exact) mass is 409 g/mol. The minimum absolute atomic E-state index is 0.525. The van der Waals surface area contributed by atoms with Crippen LogP contribution in [0.3, 0.4) is 0 Å². The van der Waals surface area contributed by atoms with Crippen molar-refractivity contribution in [1.29, 1.82) is 0 Å². The lowest BCUT2D eigenvalue weighted by atomic mass is 9.95. The van der Waals surface area contributed by atoms with E-state index in [9.17, 15) is 25.9 Å². The van der Waals surface area contributed by atoms with E-state index in [1.807, 2.05) is 0 Å². The third-order valence-corrected chi connectivity index (χ3v) is 7.82. The number of rotatable bonds is 5. The molecule has 3 rings (SSSR count). The predicted octanol–water partition coefficient (Wildman–Crippen LogP) is 1.49. The number of allylic oxidation sites excluding steroid dienone is 4. The zero-order chi connectivity index (χ0) is 19.7. The number of hydrogen-bond donors (Lipinski definition) is 2. The fourth-order valence-corrected chi connectivity index (χ4v) is 5.83. The summed E-state index contributed by atoms with van der Waals surface area (Å²) in [5.74, 6) is -1.45. The summed E-state index contributed by atoms with van der Waals surface area (Å²) in [6.07, 6.45) is 8.90. The summed E-state index contributed by atoms with van der Waals surface area (Å²) in [5, 5.41) is 7.49. The molecule has 1 unspecified atom stereocenters. The summed E-state index contributed by atoms with van der Waals surface area (Å²) >= 11 is 0. The van der Waals surface area contributed by atoms with Crippen LogP contribution < -0.4 is 0 Å². The molecule has 2 N–H and O–H groups in total. The fourth-order valence-electron chi connectivity index (χ4n) is 2.94. The second-order valence-corrected chi connectivity index (χ2v) is 9.12. The molecule has 0 bridgehead atoms. The molecule has 1 heterocycles. The first-order chi connectivity index (χ1) is 12.7. The van der Waals surface area contributed by atoms with Crippen molar-refractivity contribution in [1.82, 2.24) is 15.0 Å². The quantitative estimate of drug-likeness (QED) is 0.708. The predicted molar refractivity (Wildman–Crippen MR) is 98.2 cm³/mol. The van der Waals surface area contributed by atoms with Crippen molar-refractivity contribution in [2.24, 2.45) is 5.92 Å². The highest BCUT2D eigenvalue weighted by Crippen LogP contribution is 2.44. The van der Waals surface area contributed by atoms with Crippen LogP contribution in [0.2, 0.25) is 0 Å². The van der Waals surface area contributed by atoms with E-state index in [0.29, 0.717) is 5.56 Å². The van der Waals surface area contributed by atoms with E-state index in [0.717, 1.165) is 10.9 Å². The third kappa shape index (κ3) is 3.25. The summed E-state index contributed by atoms with van der Waals surface area (Å²) in [6, 6.07) is 8.71. The van der Waals surface area contributed by atoms with Gasteiger partial charge in [0.05, 0.1) is 12.4 Å². The van der Waals surface area contributed by atoms with Crippen molar-refractivity contribution >= 4 is 32.0 Å². The van der Waals surface area contributed by atoms with E-state index < -0.39 is 35.9 Å². The molecule has 0 saturated carbocycles. The van der Waals surface area contributed by atoms with Gasteiger partial charge in [-0.15, -0.1) is 0 Å². The molecule has 27 heavy (non-hydrogen) atoms. The average Bonchev–Trinajstić information content (AvgIpc) is 3.12. The lowest BCUT2D eigenvalue weighted by molar-refractivity contribution is 0.422. The van der Waals surface area contributed by atoms with Crippen LogP contribution >= 0.6 is 0 Å². The number of nitrogens with zero attached hydrogens (tertiary/aromatic N) is 3. The lowest BCUT2D eigenvalue weighted by Gasteiger charge is -2.35. The van der Waals surface area contributed by atoms with Crippen molar-refractivity contribution < 1.29 is 25.9 Å². The minimum Gasteiger partial charge on any atom is -0.284 e. The maximum atomic E-state index is 12.3. The van der Waals surface area contributed by atoms with E-state index >= 15 is 0 Å². The molecule has 0 aliphatic heterocycles. The first kappa shape index (κ1) is 19.2. The summed E-state index contributed by atoms with van der Waals surface area (Å²) in [6.45, 7) is 0. The molecule has 9 nitrogen and oxygen atoms in total. The summed E-state index contributed by atoms with van der Waals surface area (Å²) in [4.78, 5) is 0.731. The maximum absolute atomic E-state index is 12.3.